The van der Waals surface area contributed by atoms with Crippen LogP contribution in [0.5, 0.6) is 0 Å². The molecule has 20 heavy (non-hydrogen) atoms. The Bertz CT molecular complexity index is 557. The lowest BCUT2D eigenvalue weighted by Crippen LogP contribution is -2.44. The first-order valence-corrected chi connectivity index (χ1v) is 7.14. The van der Waals surface area contributed by atoms with Crippen LogP contribution in [0.25, 0.3) is 0 Å². The molecule has 0 amide bonds. The van der Waals surface area contributed by atoms with Crippen LogP contribution < -0.4 is 11.3 Å². The van der Waals surface area contributed by atoms with Gasteiger partial charge in [-0.05, 0) is 18.4 Å². The molecule has 1 fully saturated rings. The van der Waals surface area contributed by atoms with E-state index in [4.69, 9.17) is 5.84 Å². The molecule has 1 atom stereocenters. The van der Waals surface area contributed by atoms with Crippen LogP contribution in [0.15, 0.2) is 36.5 Å². The zero-order chi connectivity index (χ0) is 14.0. The van der Waals surface area contributed by atoms with Crippen molar-refractivity contribution in [1.82, 2.24) is 20.4 Å². The normalized spacial score (nSPS) is 19.1. The SMILES string of the molecule is Cn1nncc1C(NN)C1(c2ccccc2)CCCC1. The molecule has 1 aromatic carbocycles. The molecule has 5 nitrogen and oxygen atoms in total. The Balaban J connectivity index is 2.08. The van der Waals surface area contributed by atoms with Gasteiger partial charge in [0.05, 0.1) is 17.9 Å². The third kappa shape index (κ3) is 2.03. The van der Waals surface area contributed by atoms with Crippen molar-refractivity contribution in [1.29, 1.82) is 0 Å². The maximum Gasteiger partial charge on any atom is 0.0775 e. The van der Waals surface area contributed by atoms with Crippen molar-refractivity contribution in [3.63, 3.8) is 0 Å². The molecule has 0 saturated heterocycles. The van der Waals surface area contributed by atoms with E-state index in [1.54, 1.807) is 0 Å². The summed E-state index contributed by atoms with van der Waals surface area (Å²) in [4.78, 5) is 0. The molecule has 0 radical (unpaired) electrons. The van der Waals surface area contributed by atoms with Gasteiger partial charge in [0, 0.05) is 12.5 Å². The molecule has 3 N–H and O–H groups in total. The fourth-order valence-corrected chi connectivity index (χ4v) is 3.61. The Labute approximate surface area is 119 Å². The van der Waals surface area contributed by atoms with Gasteiger partial charge >= 0.3 is 0 Å². The van der Waals surface area contributed by atoms with Gasteiger partial charge < -0.3 is 0 Å². The van der Waals surface area contributed by atoms with Gasteiger partial charge in [-0.1, -0.05) is 48.4 Å². The lowest BCUT2D eigenvalue weighted by molar-refractivity contribution is 0.291. The molecule has 3 rings (SSSR count). The van der Waals surface area contributed by atoms with Gasteiger partial charge in [0.15, 0.2) is 0 Å². The minimum absolute atomic E-state index is 0.0332. The van der Waals surface area contributed by atoms with E-state index in [-0.39, 0.29) is 11.5 Å². The smallest absolute Gasteiger partial charge is 0.0775 e. The van der Waals surface area contributed by atoms with Gasteiger partial charge in [0.2, 0.25) is 0 Å². The molecule has 1 saturated carbocycles. The number of nitrogens with one attached hydrogen (secondary N) is 1. The fourth-order valence-electron chi connectivity index (χ4n) is 3.61. The van der Waals surface area contributed by atoms with Crippen molar-refractivity contribution >= 4 is 0 Å². The summed E-state index contributed by atoms with van der Waals surface area (Å²) in [6.07, 6.45) is 6.55. The monoisotopic (exact) mass is 271 g/mol. The Hall–Kier alpha value is -1.72. The first-order chi connectivity index (χ1) is 9.78. The summed E-state index contributed by atoms with van der Waals surface area (Å²) in [5.74, 6) is 5.92. The zero-order valence-corrected chi connectivity index (χ0v) is 11.8. The second kappa shape index (κ2) is 5.34. The Morgan fingerprint density at radius 3 is 2.50 bits per heavy atom. The predicted octanol–water partition coefficient (Wildman–Crippen LogP) is 1.83. The Morgan fingerprint density at radius 1 is 1.25 bits per heavy atom. The number of benzene rings is 1. The molecular formula is C15H21N5. The van der Waals surface area contributed by atoms with Crippen LogP contribution in [0.3, 0.4) is 0 Å². The molecule has 2 aromatic rings. The van der Waals surface area contributed by atoms with Crippen molar-refractivity contribution in [2.75, 3.05) is 0 Å². The molecule has 0 spiro atoms. The molecule has 106 valence electrons. The van der Waals surface area contributed by atoms with E-state index in [0.717, 1.165) is 18.5 Å². The van der Waals surface area contributed by atoms with Crippen molar-refractivity contribution in [3.05, 3.63) is 47.8 Å². The lowest BCUT2D eigenvalue weighted by atomic mass is 9.72. The molecular weight excluding hydrogens is 250 g/mol. The van der Waals surface area contributed by atoms with Crippen molar-refractivity contribution < 1.29 is 0 Å². The summed E-state index contributed by atoms with van der Waals surface area (Å²) in [5.41, 5.74) is 5.45. The molecule has 0 bridgehead atoms. The summed E-state index contributed by atoms with van der Waals surface area (Å²) >= 11 is 0. The number of nitrogens with two attached hydrogens (primary N) is 1. The molecule has 1 heterocycles. The number of nitrogens with zero attached hydrogens (tertiary/aromatic N) is 3. The summed E-state index contributed by atoms with van der Waals surface area (Å²) < 4.78 is 1.81. The van der Waals surface area contributed by atoms with Crippen molar-refractivity contribution in [2.24, 2.45) is 12.9 Å². The predicted molar refractivity (Wildman–Crippen MR) is 77.7 cm³/mol. The largest absolute Gasteiger partial charge is 0.271 e. The van der Waals surface area contributed by atoms with Crippen LogP contribution in [0.4, 0.5) is 0 Å². The third-order valence-electron chi connectivity index (χ3n) is 4.61. The van der Waals surface area contributed by atoms with E-state index in [1.807, 2.05) is 17.9 Å². The fraction of sp³-hybridized carbons (Fsp3) is 0.467. The second-order valence-corrected chi connectivity index (χ2v) is 5.61. The van der Waals surface area contributed by atoms with Gasteiger partial charge in [-0.25, -0.2) is 0 Å². The van der Waals surface area contributed by atoms with Gasteiger partial charge in [0.1, 0.15) is 0 Å². The number of hydrogen-bond donors (Lipinski definition) is 2. The molecule has 0 aliphatic heterocycles. The summed E-state index contributed by atoms with van der Waals surface area (Å²) in [6.45, 7) is 0. The first-order valence-electron chi connectivity index (χ1n) is 7.14. The van der Waals surface area contributed by atoms with Crippen LogP contribution in [-0.2, 0) is 12.5 Å². The van der Waals surface area contributed by atoms with Crippen LogP contribution in [0.1, 0.15) is 43.0 Å². The van der Waals surface area contributed by atoms with Gasteiger partial charge in [-0.3, -0.25) is 16.0 Å². The Morgan fingerprint density at radius 2 is 1.95 bits per heavy atom. The topological polar surface area (TPSA) is 68.8 Å². The summed E-state index contributed by atoms with van der Waals surface area (Å²) in [6, 6.07) is 10.7. The van der Waals surface area contributed by atoms with Crippen molar-refractivity contribution in [3.8, 4) is 0 Å². The van der Waals surface area contributed by atoms with E-state index in [0.29, 0.717) is 0 Å². The highest BCUT2D eigenvalue weighted by atomic mass is 15.4. The van der Waals surface area contributed by atoms with E-state index >= 15 is 0 Å². The van der Waals surface area contributed by atoms with Gasteiger partial charge in [0.25, 0.3) is 0 Å². The molecule has 1 aliphatic carbocycles. The quantitative estimate of drug-likeness (QED) is 0.657. The average molecular weight is 271 g/mol. The van der Waals surface area contributed by atoms with Gasteiger partial charge in [-0.15, -0.1) is 5.10 Å². The standard InChI is InChI=1S/C15H21N5/c1-20-13(11-17-19-20)14(18-16)15(9-5-6-10-15)12-7-3-2-4-8-12/h2-4,7-8,11,14,18H,5-6,9-10,16H2,1H3. The minimum Gasteiger partial charge on any atom is -0.271 e. The Kier molecular flexibility index (Phi) is 3.54. The van der Waals surface area contributed by atoms with E-state index in [1.165, 1.54) is 18.4 Å². The highest BCUT2D eigenvalue weighted by Gasteiger charge is 2.44. The molecule has 1 aromatic heterocycles. The van der Waals surface area contributed by atoms with Crippen LogP contribution in [0.2, 0.25) is 0 Å². The van der Waals surface area contributed by atoms with Gasteiger partial charge in [-0.2, -0.15) is 0 Å². The van der Waals surface area contributed by atoms with Crippen molar-refractivity contribution in [2.45, 2.75) is 37.1 Å². The van der Waals surface area contributed by atoms with E-state index in [9.17, 15) is 0 Å². The summed E-state index contributed by atoms with van der Waals surface area (Å²) in [7, 11) is 1.92. The van der Waals surface area contributed by atoms with E-state index in [2.05, 4.69) is 46.1 Å². The maximum atomic E-state index is 5.92. The minimum atomic E-state index is 0.0332. The number of aryl methyl sites for hydroxylation is 1. The lowest BCUT2D eigenvalue weighted by Gasteiger charge is -2.37. The second-order valence-electron chi connectivity index (χ2n) is 5.61. The van der Waals surface area contributed by atoms with E-state index < -0.39 is 0 Å². The molecule has 5 heteroatoms. The number of aromatic nitrogens is 3. The third-order valence-corrected chi connectivity index (χ3v) is 4.61. The van der Waals surface area contributed by atoms with Crippen LogP contribution in [0, 0.1) is 0 Å². The maximum absolute atomic E-state index is 5.92. The van der Waals surface area contributed by atoms with Crippen LogP contribution in [-0.4, -0.2) is 15.0 Å². The number of hydrogen-bond acceptors (Lipinski definition) is 4. The highest BCUT2D eigenvalue weighted by molar-refractivity contribution is 5.31. The van der Waals surface area contributed by atoms with Crippen LogP contribution >= 0.6 is 0 Å². The highest BCUT2D eigenvalue weighted by Crippen LogP contribution is 2.49. The number of hydrazine groups is 1. The summed E-state index contributed by atoms with van der Waals surface area (Å²) in [5, 5.41) is 8.06. The zero-order valence-electron chi connectivity index (χ0n) is 11.8. The number of rotatable bonds is 4. The molecule has 1 unspecified atom stereocenters. The average Bonchev–Trinajstić information content (AvgIpc) is 3.12. The molecule has 1 aliphatic rings. The first kappa shape index (κ1) is 13.3.